The normalized spacial score (nSPS) is 11.7. The van der Waals surface area contributed by atoms with E-state index in [-0.39, 0.29) is 17.2 Å². The highest BCUT2D eigenvalue weighted by molar-refractivity contribution is 5.98. The maximum Gasteiger partial charge on any atom is 0.337 e. The Morgan fingerprint density at radius 3 is 2.40 bits per heavy atom. The molecule has 0 fully saturated rings. The maximum absolute atomic E-state index is 13.7. The number of carbonyl (C=O) groups is 2. The van der Waals surface area contributed by atoms with Crippen LogP contribution < -0.4 is 10.1 Å². The number of halogens is 4. The summed E-state index contributed by atoms with van der Waals surface area (Å²) in [6.07, 6.45) is -4.39. The van der Waals surface area contributed by atoms with Gasteiger partial charge in [-0.25, -0.2) is 18.3 Å². The van der Waals surface area contributed by atoms with Gasteiger partial charge in [0.1, 0.15) is 17.0 Å². The van der Waals surface area contributed by atoms with Gasteiger partial charge < -0.3 is 14.8 Å². The summed E-state index contributed by atoms with van der Waals surface area (Å²) in [6.45, 7) is 1.63. The van der Waals surface area contributed by atoms with Crippen LogP contribution in [0.2, 0.25) is 0 Å². The Kier molecular flexibility index (Phi) is 7.90. The predicted octanol–water partition coefficient (Wildman–Crippen LogP) is 5.67. The van der Waals surface area contributed by atoms with E-state index in [1.807, 2.05) is 0 Å². The van der Waals surface area contributed by atoms with Crippen LogP contribution in [0, 0.1) is 0 Å². The third-order valence-electron chi connectivity index (χ3n) is 4.98. The Morgan fingerprint density at radius 1 is 1.11 bits per heavy atom. The number of aryl methyl sites for hydroxylation is 1. The third kappa shape index (κ3) is 6.05. The number of benzene rings is 2. The Bertz CT molecular complexity index is 1250. The number of rotatable bonds is 8. The van der Waals surface area contributed by atoms with Crippen LogP contribution in [0.5, 0.6) is 11.6 Å². The molecule has 0 aliphatic rings. The zero-order valence-electron chi connectivity index (χ0n) is 18.9. The van der Waals surface area contributed by atoms with Crippen molar-refractivity contribution >= 4 is 18.0 Å². The van der Waals surface area contributed by atoms with Crippen LogP contribution in [0.25, 0.3) is 6.08 Å². The largest absolute Gasteiger partial charge is 0.465 e. The molecule has 1 N–H and O–H groups in total. The van der Waals surface area contributed by atoms with E-state index < -0.39 is 41.7 Å². The van der Waals surface area contributed by atoms with E-state index in [1.165, 1.54) is 50.6 Å². The summed E-state index contributed by atoms with van der Waals surface area (Å²) in [5, 5.41) is 6.33. The molecule has 3 rings (SSSR count). The van der Waals surface area contributed by atoms with Crippen molar-refractivity contribution in [3.05, 3.63) is 82.6 Å². The summed E-state index contributed by atoms with van der Waals surface area (Å²) < 4.78 is 63.8. The van der Waals surface area contributed by atoms with Crippen molar-refractivity contribution in [1.82, 2.24) is 15.1 Å². The standard InChI is InChI=1S/C24H21F4N3O4/c1-13(15-7-9-16(10-8-15)24(33)34-3)29-22(32)19-20(21(27)28)30-31(2)23(19)35-17-6-4-5-14(11-17)12-18(25)26/h4-13,21H,1-3H3,(H,29,32)/t13-/m0/s1. The lowest BCUT2D eigenvalue weighted by molar-refractivity contribution is 0.0600. The number of carbonyl (C=O) groups excluding carboxylic acids is 2. The molecule has 1 amide bonds. The minimum Gasteiger partial charge on any atom is -0.465 e. The number of hydrogen-bond acceptors (Lipinski definition) is 5. The fourth-order valence-electron chi connectivity index (χ4n) is 3.29. The van der Waals surface area contributed by atoms with Crippen molar-refractivity contribution in [2.24, 2.45) is 7.05 Å². The SMILES string of the molecule is COC(=O)c1ccc([C@H](C)NC(=O)c2c(C(F)F)nn(C)c2Oc2cccc(C=C(F)F)c2)cc1. The average molecular weight is 491 g/mol. The monoisotopic (exact) mass is 491 g/mol. The van der Waals surface area contributed by atoms with E-state index in [0.29, 0.717) is 17.2 Å². The van der Waals surface area contributed by atoms with Gasteiger partial charge in [0.05, 0.1) is 18.7 Å². The molecule has 0 saturated heterocycles. The second-order valence-electron chi connectivity index (χ2n) is 7.41. The first-order chi connectivity index (χ1) is 16.6. The van der Waals surface area contributed by atoms with Crippen molar-refractivity contribution in [3.8, 4) is 11.6 Å². The minimum absolute atomic E-state index is 0.0457. The van der Waals surface area contributed by atoms with Gasteiger partial charge >= 0.3 is 5.97 Å². The topological polar surface area (TPSA) is 82.5 Å². The molecule has 0 aliphatic carbocycles. The lowest BCUT2D eigenvalue weighted by Crippen LogP contribution is -2.27. The quantitative estimate of drug-likeness (QED) is 0.325. The molecule has 7 nitrogen and oxygen atoms in total. The molecular formula is C24H21F4N3O4. The molecular weight excluding hydrogens is 470 g/mol. The van der Waals surface area contributed by atoms with E-state index in [0.717, 1.165) is 4.68 Å². The van der Waals surface area contributed by atoms with Crippen molar-refractivity contribution in [2.45, 2.75) is 19.4 Å². The van der Waals surface area contributed by atoms with Gasteiger partial charge in [-0.1, -0.05) is 24.3 Å². The molecule has 184 valence electrons. The fraction of sp³-hybridized carbons (Fsp3) is 0.208. The van der Waals surface area contributed by atoms with E-state index in [9.17, 15) is 27.2 Å². The molecule has 0 unspecified atom stereocenters. The van der Waals surface area contributed by atoms with Gasteiger partial charge in [-0.05, 0) is 42.3 Å². The van der Waals surface area contributed by atoms with Crippen LogP contribution in [0.3, 0.4) is 0 Å². The fourth-order valence-corrected chi connectivity index (χ4v) is 3.29. The van der Waals surface area contributed by atoms with E-state index >= 15 is 0 Å². The Labute approximate surface area is 198 Å². The van der Waals surface area contributed by atoms with Gasteiger partial charge in [-0.15, -0.1) is 0 Å². The summed E-state index contributed by atoms with van der Waals surface area (Å²) in [4.78, 5) is 24.6. The Hall–Kier alpha value is -4.15. The lowest BCUT2D eigenvalue weighted by Gasteiger charge is -2.16. The molecule has 0 radical (unpaired) electrons. The number of alkyl halides is 2. The van der Waals surface area contributed by atoms with Gasteiger partial charge in [0.2, 0.25) is 5.88 Å². The number of amides is 1. The van der Waals surface area contributed by atoms with Gasteiger partial charge in [0.25, 0.3) is 18.4 Å². The number of aromatic nitrogens is 2. The van der Waals surface area contributed by atoms with E-state index in [1.54, 1.807) is 19.1 Å². The smallest absolute Gasteiger partial charge is 0.337 e. The number of methoxy groups -OCH3 is 1. The molecule has 1 aromatic heterocycles. The van der Waals surface area contributed by atoms with E-state index in [4.69, 9.17) is 4.74 Å². The summed E-state index contributed by atoms with van der Waals surface area (Å²) >= 11 is 0. The summed E-state index contributed by atoms with van der Waals surface area (Å²) in [5.74, 6) is -1.64. The number of esters is 1. The molecule has 1 heterocycles. The zero-order valence-corrected chi connectivity index (χ0v) is 18.9. The van der Waals surface area contributed by atoms with Crippen LogP contribution in [-0.4, -0.2) is 28.8 Å². The second-order valence-corrected chi connectivity index (χ2v) is 7.41. The highest BCUT2D eigenvalue weighted by Gasteiger charge is 2.30. The van der Waals surface area contributed by atoms with Crippen molar-refractivity contribution in [1.29, 1.82) is 0 Å². The summed E-state index contributed by atoms with van der Waals surface area (Å²) in [5.41, 5.74) is -0.253. The lowest BCUT2D eigenvalue weighted by atomic mass is 10.1. The van der Waals surface area contributed by atoms with Crippen molar-refractivity contribution in [3.63, 3.8) is 0 Å². The van der Waals surface area contributed by atoms with Crippen LogP contribution >= 0.6 is 0 Å². The Balaban J connectivity index is 1.90. The third-order valence-corrected chi connectivity index (χ3v) is 4.98. The van der Waals surface area contributed by atoms with Crippen LogP contribution in [0.4, 0.5) is 17.6 Å². The number of nitrogens with one attached hydrogen (secondary N) is 1. The molecule has 0 saturated carbocycles. The molecule has 11 heteroatoms. The second kappa shape index (κ2) is 10.9. The minimum atomic E-state index is -3.08. The molecule has 2 aromatic carbocycles. The van der Waals surface area contributed by atoms with Gasteiger partial charge in [0, 0.05) is 13.1 Å². The van der Waals surface area contributed by atoms with Gasteiger partial charge in [-0.2, -0.15) is 13.9 Å². The molecule has 1 atom stereocenters. The van der Waals surface area contributed by atoms with Crippen LogP contribution in [-0.2, 0) is 11.8 Å². The molecule has 0 bridgehead atoms. The zero-order chi connectivity index (χ0) is 25.7. The van der Waals surface area contributed by atoms with Gasteiger partial charge in [-0.3, -0.25) is 4.79 Å². The highest BCUT2D eigenvalue weighted by atomic mass is 19.3. The number of ether oxygens (including phenoxy) is 2. The highest BCUT2D eigenvalue weighted by Crippen LogP contribution is 2.33. The van der Waals surface area contributed by atoms with Crippen molar-refractivity contribution in [2.75, 3.05) is 7.11 Å². The Morgan fingerprint density at radius 2 is 1.80 bits per heavy atom. The molecule has 0 aliphatic heterocycles. The average Bonchev–Trinajstić information content (AvgIpc) is 3.14. The van der Waals surface area contributed by atoms with Crippen LogP contribution in [0.1, 0.15) is 56.9 Å². The van der Waals surface area contributed by atoms with Crippen molar-refractivity contribution < 1.29 is 36.6 Å². The first-order valence-corrected chi connectivity index (χ1v) is 10.3. The summed E-state index contributed by atoms with van der Waals surface area (Å²) in [7, 11) is 2.57. The predicted molar refractivity (Wildman–Crippen MR) is 119 cm³/mol. The maximum atomic E-state index is 13.7. The number of nitrogens with zero attached hydrogens (tertiary/aromatic N) is 2. The summed E-state index contributed by atoms with van der Waals surface area (Å²) in [6, 6.07) is 11.1. The van der Waals surface area contributed by atoms with Crippen LogP contribution in [0.15, 0.2) is 54.6 Å². The first kappa shape index (κ1) is 25.5. The first-order valence-electron chi connectivity index (χ1n) is 10.3. The molecule has 0 spiro atoms. The van der Waals surface area contributed by atoms with E-state index in [2.05, 4.69) is 15.2 Å². The molecule has 3 aromatic rings. The number of hydrogen-bond donors (Lipinski definition) is 1. The van der Waals surface area contributed by atoms with Gasteiger partial charge in [0.15, 0.2) is 0 Å². The molecule has 35 heavy (non-hydrogen) atoms.